The molecule has 0 saturated carbocycles. The average Bonchev–Trinajstić information content (AvgIpc) is 2.44. The second-order valence-electron chi connectivity index (χ2n) is 4.33. The Balaban J connectivity index is 2.51. The molecular formula is C16H16F3NO. The smallest absolute Gasteiger partial charge is 0.352 e. The molecule has 1 N–H and O–H groups in total. The van der Waals surface area contributed by atoms with E-state index in [0.717, 1.165) is 29.8 Å². The number of hydrogen-bond acceptors (Lipinski definition) is 1. The normalized spacial score (nSPS) is 11.4. The van der Waals surface area contributed by atoms with Gasteiger partial charge in [0.05, 0.1) is 5.56 Å². The summed E-state index contributed by atoms with van der Waals surface area (Å²) in [7, 11) is 0. The number of rotatable bonds is 6. The summed E-state index contributed by atoms with van der Waals surface area (Å²) in [6, 6.07) is 4.09. The molecule has 1 aromatic carbocycles. The summed E-state index contributed by atoms with van der Waals surface area (Å²) < 4.78 is 37.2. The molecule has 0 aliphatic heterocycles. The SMILES string of the molecule is C=C/C=C\C(=C)CCNC(=O)c1ccc(C(F)(F)F)cc1. The van der Waals surface area contributed by atoms with Gasteiger partial charge in [0.25, 0.3) is 5.91 Å². The highest BCUT2D eigenvalue weighted by molar-refractivity contribution is 5.94. The number of halogens is 3. The first kappa shape index (κ1) is 16.8. The molecule has 5 heteroatoms. The van der Waals surface area contributed by atoms with Gasteiger partial charge in [0.2, 0.25) is 0 Å². The van der Waals surface area contributed by atoms with Gasteiger partial charge >= 0.3 is 6.18 Å². The van der Waals surface area contributed by atoms with Crippen molar-refractivity contribution in [3.05, 3.63) is 72.4 Å². The van der Waals surface area contributed by atoms with Crippen LogP contribution in [0, 0.1) is 0 Å². The van der Waals surface area contributed by atoms with Gasteiger partial charge in [0.1, 0.15) is 0 Å². The Hall–Kier alpha value is -2.30. The molecule has 2 nitrogen and oxygen atoms in total. The van der Waals surface area contributed by atoms with Crippen LogP contribution < -0.4 is 5.32 Å². The number of amides is 1. The van der Waals surface area contributed by atoms with Crippen LogP contribution in [0.2, 0.25) is 0 Å². The molecule has 1 rings (SSSR count). The maximum absolute atomic E-state index is 12.4. The quantitative estimate of drug-likeness (QED) is 0.786. The van der Waals surface area contributed by atoms with E-state index in [1.54, 1.807) is 18.2 Å². The van der Waals surface area contributed by atoms with Crippen LogP contribution in [0.25, 0.3) is 0 Å². The van der Waals surface area contributed by atoms with Crippen molar-refractivity contribution in [1.82, 2.24) is 5.32 Å². The van der Waals surface area contributed by atoms with Gasteiger partial charge in [-0.05, 0) is 30.7 Å². The van der Waals surface area contributed by atoms with Crippen molar-refractivity contribution in [2.45, 2.75) is 12.6 Å². The van der Waals surface area contributed by atoms with Crippen LogP contribution in [0.3, 0.4) is 0 Å². The van der Waals surface area contributed by atoms with Gasteiger partial charge in [0, 0.05) is 12.1 Å². The lowest BCUT2D eigenvalue weighted by Crippen LogP contribution is -2.24. The molecule has 0 heterocycles. The number of hydrogen-bond donors (Lipinski definition) is 1. The first-order valence-corrected chi connectivity index (χ1v) is 6.27. The minimum absolute atomic E-state index is 0.190. The van der Waals surface area contributed by atoms with E-state index < -0.39 is 17.6 Å². The summed E-state index contributed by atoms with van der Waals surface area (Å²) in [5.74, 6) is -0.413. The van der Waals surface area contributed by atoms with Crippen molar-refractivity contribution in [3.63, 3.8) is 0 Å². The third kappa shape index (κ3) is 5.69. The van der Waals surface area contributed by atoms with Crippen LogP contribution in [0.5, 0.6) is 0 Å². The number of carbonyl (C=O) groups is 1. The molecule has 112 valence electrons. The molecule has 0 aliphatic rings. The van der Waals surface area contributed by atoms with Gasteiger partial charge in [0.15, 0.2) is 0 Å². The van der Waals surface area contributed by atoms with Crippen LogP contribution in [0.15, 0.2) is 61.2 Å². The molecule has 0 aromatic heterocycles. The molecule has 0 radical (unpaired) electrons. The second-order valence-corrected chi connectivity index (χ2v) is 4.33. The topological polar surface area (TPSA) is 29.1 Å². The summed E-state index contributed by atoms with van der Waals surface area (Å²) in [5.41, 5.74) is 0.236. The first-order valence-electron chi connectivity index (χ1n) is 6.27. The molecule has 0 bridgehead atoms. The second kappa shape index (κ2) is 7.47. The van der Waals surface area contributed by atoms with Crippen molar-refractivity contribution >= 4 is 5.91 Å². The summed E-state index contributed by atoms with van der Waals surface area (Å²) in [5, 5.41) is 2.62. The lowest BCUT2D eigenvalue weighted by Gasteiger charge is -2.08. The lowest BCUT2D eigenvalue weighted by atomic mass is 10.1. The predicted molar refractivity (Wildman–Crippen MR) is 76.9 cm³/mol. The van der Waals surface area contributed by atoms with E-state index in [0.29, 0.717) is 13.0 Å². The van der Waals surface area contributed by atoms with Crippen LogP contribution in [0.4, 0.5) is 13.2 Å². The molecule has 1 aromatic rings. The fraction of sp³-hybridized carbons (Fsp3) is 0.188. The Morgan fingerprint density at radius 2 is 1.86 bits per heavy atom. The van der Waals surface area contributed by atoms with Gasteiger partial charge in [-0.2, -0.15) is 13.2 Å². The zero-order valence-electron chi connectivity index (χ0n) is 11.4. The number of benzene rings is 1. The molecule has 21 heavy (non-hydrogen) atoms. The minimum Gasteiger partial charge on any atom is -0.352 e. The average molecular weight is 295 g/mol. The molecule has 0 unspecified atom stereocenters. The van der Waals surface area contributed by atoms with Gasteiger partial charge in [-0.25, -0.2) is 0 Å². The van der Waals surface area contributed by atoms with E-state index in [2.05, 4.69) is 18.5 Å². The highest BCUT2D eigenvalue weighted by Crippen LogP contribution is 2.29. The maximum Gasteiger partial charge on any atom is 0.416 e. The van der Waals surface area contributed by atoms with E-state index in [1.165, 1.54) is 0 Å². The summed E-state index contributed by atoms with van der Waals surface area (Å²) in [6.45, 7) is 7.68. The van der Waals surface area contributed by atoms with Gasteiger partial charge in [-0.3, -0.25) is 4.79 Å². The number of nitrogens with one attached hydrogen (secondary N) is 1. The summed E-state index contributed by atoms with van der Waals surface area (Å²) in [4.78, 5) is 11.7. The van der Waals surface area contributed by atoms with Gasteiger partial charge in [-0.1, -0.05) is 37.0 Å². The van der Waals surface area contributed by atoms with Crippen LogP contribution >= 0.6 is 0 Å². The maximum atomic E-state index is 12.4. The third-order valence-electron chi connectivity index (χ3n) is 2.67. The van der Waals surface area contributed by atoms with Gasteiger partial charge in [-0.15, -0.1) is 0 Å². The molecule has 1 amide bonds. The van der Waals surface area contributed by atoms with Crippen LogP contribution in [-0.4, -0.2) is 12.5 Å². The van der Waals surface area contributed by atoms with Crippen LogP contribution in [0.1, 0.15) is 22.3 Å². The Morgan fingerprint density at radius 3 is 2.38 bits per heavy atom. The minimum atomic E-state index is -4.40. The highest BCUT2D eigenvalue weighted by Gasteiger charge is 2.30. The number of carbonyl (C=O) groups excluding carboxylic acids is 1. The fourth-order valence-corrected chi connectivity index (χ4v) is 1.54. The van der Waals surface area contributed by atoms with E-state index in [-0.39, 0.29) is 5.56 Å². The Labute approximate surface area is 121 Å². The number of alkyl halides is 3. The zero-order chi connectivity index (χ0) is 15.9. The summed E-state index contributed by atoms with van der Waals surface area (Å²) >= 11 is 0. The zero-order valence-corrected chi connectivity index (χ0v) is 11.4. The standard InChI is InChI=1S/C16H16F3NO/c1-3-4-5-12(2)10-11-20-15(21)13-6-8-14(9-7-13)16(17,18)19/h3-9H,1-2,10-11H2,(H,20,21)/b5-4-. The molecule has 0 saturated heterocycles. The predicted octanol–water partition coefficient (Wildman–Crippen LogP) is 4.12. The van der Waals surface area contributed by atoms with Crippen molar-refractivity contribution in [1.29, 1.82) is 0 Å². The van der Waals surface area contributed by atoms with E-state index >= 15 is 0 Å². The van der Waals surface area contributed by atoms with E-state index in [4.69, 9.17) is 0 Å². The molecule has 0 spiro atoms. The fourth-order valence-electron chi connectivity index (χ4n) is 1.54. The Morgan fingerprint density at radius 1 is 1.24 bits per heavy atom. The van der Waals surface area contributed by atoms with Crippen molar-refractivity contribution < 1.29 is 18.0 Å². The molecule has 0 fully saturated rings. The van der Waals surface area contributed by atoms with Crippen LogP contribution in [-0.2, 0) is 6.18 Å². The van der Waals surface area contributed by atoms with Gasteiger partial charge < -0.3 is 5.32 Å². The largest absolute Gasteiger partial charge is 0.416 e. The lowest BCUT2D eigenvalue weighted by molar-refractivity contribution is -0.137. The Bertz CT molecular complexity index is 542. The van der Waals surface area contributed by atoms with Crippen molar-refractivity contribution in [2.75, 3.05) is 6.54 Å². The van der Waals surface area contributed by atoms with E-state index in [9.17, 15) is 18.0 Å². The summed E-state index contributed by atoms with van der Waals surface area (Å²) in [6.07, 6.45) is 1.28. The molecule has 0 aliphatic carbocycles. The van der Waals surface area contributed by atoms with Crippen molar-refractivity contribution in [3.8, 4) is 0 Å². The molecular weight excluding hydrogens is 279 g/mol. The number of allylic oxidation sites excluding steroid dienone is 3. The monoisotopic (exact) mass is 295 g/mol. The highest BCUT2D eigenvalue weighted by atomic mass is 19.4. The third-order valence-corrected chi connectivity index (χ3v) is 2.67. The van der Waals surface area contributed by atoms with E-state index in [1.807, 2.05) is 0 Å². The molecule has 0 atom stereocenters. The van der Waals surface area contributed by atoms with Crippen molar-refractivity contribution in [2.24, 2.45) is 0 Å². The first-order chi connectivity index (χ1) is 9.84. The Kier molecular flexibility index (Phi) is 5.96.